The zero-order valence-electron chi connectivity index (χ0n) is 7.19. The molecule has 0 aromatic carbocycles. The van der Waals surface area contributed by atoms with Gasteiger partial charge in [0.2, 0.25) is 5.91 Å². The van der Waals surface area contributed by atoms with Gasteiger partial charge in [-0.3, -0.25) is 8.32 Å². The lowest BCUT2D eigenvalue weighted by Crippen LogP contribution is -2.22. The molecule has 1 unspecified atom stereocenters. The summed E-state index contributed by atoms with van der Waals surface area (Å²) in [5.41, 5.74) is 0. The predicted molar refractivity (Wildman–Crippen MR) is 55.5 cm³/mol. The fourth-order valence-corrected chi connectivity index (χ4v) is 1.49. The molecular weight excluding hydrogens is 253 g/mol. The highest BCUT2D eigenvalue weighted by Gasteiger charge is 2.13. The summed E-state index contributed by atoms with van der Waals surface area (Å²) in [5, 5.41) is 0. The smallest absolute Gasteiger partial charge is 0.231 e. The van der Waals surface area contributed by atoms with E-state index in [1.165, 1.54) is 6.42 Å². The van der Waals surface area contributed by atoms with Crippen molar-refractivity contribution in [1.82, 2.24) is 3.53 Å². The van der Waals surface area contributed by atoms with Crippen LogP contribution >= 0.6 is 22.9 Å². The molecule has 0 fully saturated rings. The van der Waals surface area contributed by atoms with E-state index in [1.54, 1.807) is 0 Å². The number of carbonyl (C=O) groups excluding carboxylic acids is 1. The topological polar surface area (TPSA) is 29.1 Å². The molecule has 0 aromatic rings. The van der Waals surface area contributed by atoms with Crippen LogP contribution in [0.25, 0.3) is 0 Å². The standard InChI is InChI=1S/C8H16INO/c1-3-5-6-7(4-2)8(11)10-9/h7H,3-6H2,1-2H3,(H,10,11). The van der Waals surface area contributed by atoms with E-state index in [0.29, 0.717) is 0 Å². The van der Waals surface area contributed by atoms with Crippen molar-refractivity contribution in [3.8, 4) is 0 Å². The largest absolute Gasteiger partial charge is 0.299 e. The third kappa shape index (κ3) is 4.61. The second-order valence-electron chi connectivity index (χ2n) is 2.71. The van der Waals surface area contributed by atoms with E-state index in [9.17, 15) is 4.79 Å². The van der Waals surface area contributed by atoms with Crippen molar-refractivity contribution >= 4 is 28.8 Å². The minimum Gasteiger partial charge on any atom is -0.299 e. The molecule has 3 heteroatoms. The molecule has 0 radical (unpaired) electrons. The highest BCUT2D eigenvalue weighted by molar-refractivity contribution is 14.1. The van der Waals surface area contributed by atoms with Gasteiger partial charge >= 0.3 is 0 Å². The van der Waals surface area contributed by atoms with Crippen molar-refractivity contribution in [2.45, 2.75) is 39.5 Å². The summed E-state index contributed by atoms with van der Waals surface area (Å²) in [5.74, 6) is 0.411. The van der Waals surface area contributed by atoms with Crippen LogP contribution in [0.2, 0.25) is 0 Å². The van der Waals surface area contributed by atoms with Crippen LogP contribution in [0.1, 0.15) is 39.5 Å². The summed E-state index contributed by atoms with van der Waals surface area (Å²) in [6.45, 7) is 4.21. The number of hydrogen-bond acceptors (Lipinski definition) is 1. The average Bonchev–Trinajstić information content (AvgIpc) is 2.05. The molecule has 2 nitrogen and oxygen atoms in total. The minimum atomic E-state index is 0.182. The Labute approximate surface area is 82.6 Å². The van der Waals surface area contributed by atoms with E-state index in [0.717, 1.165) is 19.3 Å². The first-order chi connectivity index (χ1) is 5.26. The van der Waals surface area contributed by atoms with Gasteiger partial charge in [-0.25, -0.2) is 0 Å². The maximum absolute atomic E-state index is 11.1. The van der Waals surface area contributed by atoms with Crippen molar-refractivity contribution in [3.05, 3.63) is 0 Å². The molecule has 1 amide bonds. The summed E-state index contributed by atoms with van der Waals surface area (Å²) < 4.78 is 2.66. The lowest BCUT2D eigenvalue weighted by Gasteiger charge is -2.10. The highest BCUT2D eigenvalue weighted by atomic mass is 127. The Balaban J connectivity index is 3.65. The summed E-state index contributed by atoms with van der Waals surface area (Å²) in [6.07, 6.45) is 4.31. The second kappa shape index (κ2) is 6.88. The van der Waals surface area contributed by atoms with Gasteiger partial charge < -0.3 is 0 Å². The molecule has 0 aliphatic carbocycles. The number of amides is 1. The Kier molecular flexibility index (Phi) is 7.01. The summed E-state index contributed by atoms with van der Waals surface area (Å²) in [4.78, 5) is 11.1. The molecule has 0 aromatic heterocycles. The summed E-state index contributed by atoms with van der Waals surface area (Å²) in [7, 11) is 0. The van der Waals surface area contributed by atoms with Gasteiger partial charge in [-0.15, -0.1) is 0 Å². The lowest BCUT2D eigenvalue weighted by atomic mass is 9.99. The summed E-state index contributed by atoms with van der Waals surface area (Å²) in [6, 6.07) is 0. The molecule has 0 saturated heterocycles. The molecule has 66 valence electrons. The first-order valence-corrected chi connectivity index (χ1v) is 5.24. The second-order valence-corrected chi connectivity index (χ2v) is 3.25. The molecule has 1 N–H and O–H groups in total. The fourth-order valence-electron chi connectivity index (χ4n) is 1.05. The predicted octanol–water partition coefficient (Wildman–Crippen LogP) is 2.67. The fraction of sp³-hybridized carbons (Fsp3) is 0.875. The number of unbranched alkanes of at least 4 members (excludes halogenated alkanes) is 1. The van der Waals surface area contributed by atoms with Crippen LogP contribution in [0.5, 0.6) is 0 Å². The molecule has 0 aliphatic heterocycles. The van der Waals surface area contributed by atoms with Gasteiger partial charge in [0.25, 0.3) is 0 Å². The molecule has 0 rings (SSSR count). The maximum Gasteiger partial charge on any atom is 0.231 e. The first-order valence-electron chi connectivity index (χ1n) is 4.16. The lowest BCUT2D eigenvalue weighted by molar-refractivity contribution is -0.122. The molecule has 0 saturated carbocycles. The van der Waals surface area contributed by atoms with Gasteiger partial charge in [-0.2, -0.15) is 0 Å². The van der Waals surface area contributed by atoms with Crippen LogP contribution in [-0.4, -0.2) is 5.91 Å². The van der Waals surface area contributed by atoms with Crippen molar-refractivity contribution < 1.29 is 4.79 Å². The van der Waals surface area contributed by atoms with Crippen LogP contribution in [0.3, 0.4) is 0 Å². The number of halogens is 1. The Morgan fingerprint density at radius 3 is 2.55 bits per heavy atom. The Hall–Kier alpha value is 0.200. The van der Waals surface area contributed by atoms with Crippen molar-refractivity contribution in [2.75, 3.05) is 0 Å². The van der Waals surface area contributed by atoms with Crippen LogP contribution < -0.4 is 3.53 Å². The molecular formula is C8H16INO. The van der Waals surface area contributed by atoms with Gasteiger partial charge in [0, 0.05) is 5.92 Å². The van der Waals surface area contributed by atoms with Crippen LogP contribution in [0, 0.1) is 5.92 Å². The Morgan fingerprint density at radius 2 is 2.18 bits per heavy atom. The molecule has 0 heterocycles. The first kappa shape index (κ1) is 11.2. The van der Waals surface area contributed by atoms with Crippen LogP contribution in [0.15, 0.2) is 0 Å². The van der Waals surface area contributed by atoms with Gasteiger partial charge in [-0.05, 0) is 12.8 Å². The molecule has 1 atom stereocenters. The van der Waals surface area contributed by atoms with Gasteiger partial charge in [0.1, 0.15) is 0 Å². The van der Waals surface area contributed by atoms with Crippen LogP contribution in [0.4, 0.5) is 0 Å². The normalized spacial score (nSPS) is 12.6. The molecule has 0 spiro atoms. The zero-order valence-corrected chi connectivity index (χ0v) is 9.35. The Bertz CT molecular complexity index is 117. The van der Waals surface area contributed by atoms with E-state index in [2.05, 4.69) is 17.4 Å². The molecule has 0 aliphatic rings. The van der Waals surface area contributed by atoms with E-state index < -0.39 is 0 Å². The summed E-state index contributed by atoms with van der Waals surface area (Å²) >= 11 is 1.90. The van der Waals surface area contributed by atoms with E-state index in [-0.39, 0.29) is 11.8 Å². The number of carbonyl (C=O) groups is 1. The number of rotatable bonds is 5. The number of hydrogen-bond donors (Lipinski definition) is 1. The molecule has 0 bridgehead atoms. The van der Waals surface area contributed by atoms with Crippen molar-refractivity contribution in [3.63, 3.8) is 0 Å². The van der Waals surface area contributed by atoms with Gasteiger partial charge in [0.15, 0.2) is 0 Å². The zero-order chi connectivity index (χ0) is 8.69. The number of nitrogens with one attached hydrogen (secondary N) is 1. The van der Waals surface area contributed by atoms with E-state index in [1.807, 2.05) is 22.9 Å². The van der Waals surface area contributed by atoms with Crippen LogP contribution in [-0.2, 0) is 4.79 Å². The SMILES string of the molecule is CCCCC(CC)C(=O)NI. The van der Waals surface area contributed by atoms with E-state index >= 15 is 0 Å². The van der Waals surface area contributed by atoms with Crippen molar-refractivity contribution in [1.29, 1.82) is 0 Å². The van der Waals surface area contributed by atoms with Gasteiger partial charge in [-0.1, -0.05) is 26.7 Å². The quantitative estimate of drug-likeness (QED) is 0.603. The van der Waals surface area contributed by atoms with E-state index in [4.69, 9.17) is 0 Å². The monoisotopic (exact) mass is 269 g/mol. The average molecular weight is 269 g/mol. The van der Waals surface area contributed by atoms with Crippen molar-refractivity contribution in [2.24, 2.45) is 5.92 Å². The Morgan fingerprint density at radius 1 is 1.55 bits per heavy atom. The third-order valence-electron chi connectivity index (χ3n) is 1.86. The highest BCUT2D eigenvalue weighted by Crippen LogP contribution is 2.12. The maximum atomic E-state index is 11.1. The van der Waals surface area contributed by atoms with Gasteiger partial charge in [0.05, 0.1) is 22.9 Å². The third-order valence-corrected chi connectivity index (χ3v) is 2.39. The minimum absolute atomic E-state index is 0.182. The molecule has 11 heavy (non-hydrogen) atoms.